The van der Waals surface area contributed by atoms with Gasteiger partial charge in [-0.2, -0.15) is 0 Å². The number of hydrogen-bond acceptors (Lipinski definition) is 3. The van der Waals surface area contributed by atoms with E-state index in [1.54, 1.807) is 4.57 Å². The van der Waals surface area contributed by atoms with Gasteiger partial charge in [0.05, 0.1) is 6.33 Å². The molecule has 0 aromatic carbocycles. The van der Waals surface area contributed by atoms with Crippen LogP contribution >= 0.6 is 15.9 Å². The van der Waals surface area contributed by atoms with E-state index in [1.807, 2.05) is 20.8 Å². The number of aromatic nitrogens is 2. The number of imidazole rings is 1. The molecule has 1 heterocycles. The molecule has 0 saturated heterocycles. The van der Waals surface area contributed by atoms with Crippen LogP contribution in [0.2, 0.25) is 0 Å². The summed E-state index contributed by atoms with van der Waals surface area (Å²) in [5.74, 6) is 0. The lowest BCUT2D eigenvalue weighted by Crippen LogP contribution is -2.34. The van der Waals surface area contributed by atoms with Crippen molar-refractivity contribution in [2.75, 3.05) is 0 Å². The average molecular weight is 324 g/mol. The molecular weight excluding hydrogens is 306 g/mol. The monoisotopic (exact) mass is 323 g/mol. The summed E-state index contributed by atoms with van der Waals surface area (Å²) < 4.78 is 28.2. The molecule has 0 fully saturated rings. The van der Waals surface area contributed by atoms with Crippen LogP contribution in [0, 0.1) is 0 Å². The van der Waals surface area contributed by atoms with Crippen molar-refractivity contribution in [1.82, 2.24) is 14.3 Å². The van der Waals surface area contributed by atoms with Crippen molar-refractivity contribution in [2.45, 2.75) is 49.6 Å². The van der Waals surface area contributed by atoms with Crippen LogP contribution in [-0.2, 0) is 16.6 Å². The van der Waals surface area contributed by atoms with Gasteiger partial charge >= 0.3 is 0 Å². The molecule has 1 N–H and O–H groups in total. The van der Waals surface area contributed by atoms with Gasteiger partial charge in [-0.05, 0) is 20.3 Å². The van der Waals surface area contributed by atoms with Gasteiger partial charge in [0.15, 0.2) is 5.03 Å². The quantitative estimate of drug-likeness (QED) is 0.811. The SMILES string of the molecule is CCn1cnc(S(=O)(=O)NC(C)CC(C)Br)c1. The maximum absolute atomic E-state index is 12.0. The molecule has 98 valence electrons. The number of rotatable bonds is 6. The number of alkyl halides is 1. The van der Waals surface area contributed by atoms with Crippen molar-refractivity contribution in [3.63, 3.8) is 0 Å². The Morgan fingerprint density at radius 2 is 2.18 bits per heavy atom. The second-order valence-electron chi connectivity index (χ2n) is 4.08. The van der Waals surface area contributed by atoms with E-state index in [-0.39, 0.29) is 15.9 Å². The van der Waals surface area contributed by atoms with Crippen molar-refractivity contribution in [1.29, 1.82) is 0 Å². The van der Waals surface area contributed by atoms with Crippen molar-refractivity contribution in [3.05, 3.63) is 12.5 Å². The van der Waals surface area contributed by atoms with E-state index >= 15 is 0 Å². The van der Waals surface area contributed by atoms with Crippen LogP contribution in [0.15, 0.2) is 17.6 Å². The standard InChI is InChI=1S/C10H18BrN3O2S/c1-4-14-6-10(12-7-14)17(15,16)13-9(3)5-8(2)11/h6-9,13H,4-5H2,1-3H3. The lowest BCUT2D eigenvalue weighted by Gasteiger charge is -2.14. The van der Waals surface area contributed by atoms with E-state index in [2.05, 4.69) is 25.6 Å². The second kappa shape index (κ2) is 5.97. The fourth-order valence-electron chi connectivity index (χ4n) is 1.51. The van der Waals surface area contributed by atoms with Crippen molar-refractivity contribution >= 4 is 26.0 Å². The first-order valence-electron chi connectivity index (χ1n) is 5.53. The highest BCUT2D eigenvalue weighted by Crippen LogP contribution is 2.11. The van der Waals surface area contributed by atoms with Crippen LogP contribution in [0.25, 0.3) is 0 Å². The summed E-state index contributed by atoms with van der Waals surface area (Å²) in [6, 6.07) is -0.124. The molecule has 17 heavy (non-hydrogen) atoms. The largest absolute Gasteiger partial charge is 0.336 e. The highest BCUT2D eigenvalue weighted by molar-refractivity contribution is 9.09. The zero-order valence-electron chi connectivity index (χ0n) is 10.2. The molecule has 7 heteroatoms. The van der Waals surface area contributed by atoms with Crippen molar-refractivity contribution in [2.24, 2.45) is 0 Å². The summed E-state index contributed by atoms with van der Waals surface area (Å²) in [6.45, 7) is 6.46. The third-order valence-electron chi connectivity index (χ3n) is 2.28. The number of nitrogens with one attached hydrogen (secondary N) is 1. The Balaban J connectivity index is 2.74. The Kier molecular flexibility index (Phi) is 5.15. The maximum atomic E-state index is 12.0. The number of hydrogen-bond donors (Lipinski definition) is 1. The van der Waals surface area contributed by atoms with E-state index in [0.29, 0.717) is 6.54 Å². The Hall–Kier alpha value is -0.400. The number of nitrogens with zero attached hydrogens (tertiary/aromatic N) is 2. The van der Waals surface area contributed by atoms with Gasteiger partial charge in [0.2, 0.25) is 0 Å². The molecule has 0 spiro atoms. The first kappa shape index (κ1) is 14.7. The molecule has 1 aromatic rings. The maximum Gasteiger partial charge on any atom is 0.259 e. The molecule has 0 amide bonds. The van der Waals surface area contributed by atoms with E-state index in [0.717, 1.165) is 6.42 Å². The summed E-state index contributed by atoms with van der Waals surface area (Å²) >= 11 is 3.40. The van der Waals surface area contributed by atoms with Gasteiger partial charge in [0.1, 0.15) is 0 Å². The van der Waals surface area contributed by atoms with E-state index in [9.17, 15) is 8.42 Å². The smallest absolute Gasteiger partial charge is 0.259 e. The van der Waals surface area contributed by atoms with Crippen LogP contribution < -0.4 is 4.72 Å². The van der Waals surface area contributed by atoms with Crippen molar-refractivity contribution < 1.29 is 8.42 Å². The molecule has 0 radical (unpaired) electrons. The van der Waals surface area contributed by atoms with Crippen LogP contribution in [-0.4, -0.2) is 28.8 Å². The topological polar surface area (TPSA) is 64.0 Å². The van der Waals surface area contributed by atoms with Gasteiger partial charge in [-0.15, -0.1) is 0 Å². The van der Waals surface area contributed by atoms with Gasteiger partial charge in [0, 0.05) is 23.6 Å². The van der Waals surface area contributed by atoms with Crippen LogP contribution in [0.3, 0.4) is 0 Å². The van der Waals surface area contributed by atoms with Crippen LogP contribution in [0.4, 0.5) is 0 Å². The predicted molar refractivity (Wildman–Crippen MR) is 70.7 cm³/mol. The molecule has 1 aromatic heterocycles. The summed E-state index contributed by atoms with van der Waals surface area (Å²) in [5.41, 5.74) is 0. The van der Waals surface area contributed by atoms with Crippen molar-refractivity contribution in [3.8, 4) is 0 Å². The fourth-order valence-corrected chi connectivity index (χ4v) is 3.28. The first-order valence-corrected chi connectivity index (χ1v) is 7.93. The third-order valence-corrected chi connectivity index (χ3v) is 4.13. The summed E-state index contributed by atoms with van der Waals surface area (Å²) in [5, 5.41) is 0.0772. The highest BCUT2D eigenvalue weighted by Gasteiger charge is 2.20. The normalized spacial score (nSPS) is 15.8. The molecule has 0 bridgehead atoms. The van der Waals surface area contributed by atoms with Gasteiger partial charge in [0.25, 0.3) is 10.0 Å². The molecule has 0 saturated carbocycles. The number of sulfonamides is 1. The molecule has 1 rings (SSSR count). The van der Waals surface area contributed by atoms with E-state index in [4.69, 9.17) is 0 Å². The molecular formula is C10H18BrN3O2S. The fraction of sp³-hybridized carbons (Fsp3) is 0.700. The summed E-state index contributed by atoms with van der Waals surface area (Å²) in [7, 11) is -3.50. The Bertz CT molecular complexity index is 456. The highest BCUT2D eigenvalue weighted by atomic mass is 79.9. The summed E-state index contributed by atoms with van der Waals surface area (Å²) in [6.07, 6.45) is 3.78. The van der Waals surface area contributed by atoms with E-state index < -0.39 is 10.0 Å². The van der Waals surface area contributed by atoms with Gasteiger partial charge in [-0.25, -0.2) is 18.1 Å². The predicted octanol–water partition coefficient (Wildman–Crippen LogP) is 1.74. The van der Waals surface area contributed by atoms with Gasteiger partial charge in [-0.3, -0.25) is 0 Å². The zero-order valence-corrected chi connectivity index (χ0v) is 12.6. The lowest BCUT2D eigenvalue weighted by atomic mass is 10.2. The Morgan fingerprint density at radius 1 is 1.53 bits per heavy atom. The number of aryl methyl sites for hydroxylation is 1. The lowest BCUT2D eigenvalue weighted by molar-refractivity contribution is 0.545. The number of halogens is 1. The Morgan fingerprint density at radius 3 is 2.65 bits per heavy atom. The molecule has 0 aliphatic rings. The van der Waals surface area contributed by atoms with Crippen LogP contribution in [0.5, 0.6) is 0 Å². The zero-order chi connectivity index (χ0) is 13.1. The third kappa shape index (κ3) is 4.40. The molecule has 0 aliphatic carbocycles. The molecule has 2 unspecified atom stereocenters. The Labute approximate surface area is 111 Å². The molecule has 5 nitrogen and oxygen atoms in total. The molecule has 2 atom stereocenters. The minimum absolute atomic E-state index is 0.0772. The second-order valence-corrected chi connectivity index (χ2v) is 7.31. The van der Waals surface area contributed by atoms with Crippen LogP contribution in [0.1, 0.15) is 27.2 Å². The molecule has 0 aliphatic heterocycles. The summed E-state index contributed by atoms with van der Waals surface area (Å²) in [4.78, 5) is 4.16. The average Bonchev–Trinajstić information content (AvgIpc) is 2.63. The minimum atomic E-state index is -3.50. The van der Waals surface area contributed by atoms with E-state index in [1.165, 1.54) is 12.5 Å². The first-order chi connectivity index (χ1) is 7.85. The van der Waals surface area contributed by atoms with Gasteiger partial charge < -0.3 is 4.57 Å². The van der Waals surface area contributed by atoms with Gasteiger partial charge in [-0.1, -0.05) is 22.9 Å². The minimum Gasteiger partial charge on any atom is -0.336 e.